The molecule has 1 nitrogen and oxygen atoms in total. The van der Waals surface area contributed by atoms with Gasteiger partial charge in [-0.25, -0.2) is 0 Å². The molecule has 0 saturated heterocycles. The molecule has 0 radical (unpaired) electrons. The summed E-state index contributed by atoms with van der Waals surface area (Å²) >= 11 is 5.16. The van der Waals surface area contributed by atoms with E-state index in [-0.39, 0.29) is 0 Å². The minimum absolute atomic E-state index is 0.895. The lowest BCUT2D eigenvalue weighted by molar-refractivity contribution is 0.415. The highest BCUT2D eigenvalue weighted by Crippen LogP contribution is 2.31. The van der Waals surface area contributed by atoms with Crippen molar-refractivity contribution in [3.8, 4) is 16.2 Å². The lowest BCUT2D eigenvalue weighted by Crippen LogP contribution is -1.81. The molecule has 0 aliphatic rings. The van der Waals surface area contributed by atoms with Gasteiger partial charge < -0.3 is 4.74 Å². The maximum atomic E-state index is 5.18. The van der Waals surface area contributed by atoms with E-state index in [9.17, 15) is 0 Å². The summed E-state index contributed by atoms with van der Waals surface area (Å²) in [6.45, 7) is 0. The fourth-order valence-corrected chi connectivity index (χ4v) is 2.67. The van der Waals surface area contributed by atoms with Crippen molar-refractivity contribution < 1.29 is 4.74 Å². The Morgan fingerprint density at radius 1 is 1.29 bits per heavy atom. The lowest BCUT2D eigenvalue weighted by atomic mass is 10.2. The van der Waals surface area contributed by atoms with Crippen LogP contribution in [-0.4, -0.2) is 7.11 Å². The maximum Gasteiger partial charge on any atom is 0.119 e. The molecule has 1 heterocycles. The summed E-state index contributed by atoms with van der Waals surface area (Å²) in [6, 6.07) is 10.2. The van der Waals surface area contributed by atoms with Crippen molar-refractivity contribution in [3.63, 3.8) is 0 Å². The van der Waals surface area contributed by atoms with Gasteiger partial charge in [-0.2, -0.15) is 0 Å². The summed E-state index contributed by atoms with van der Waals surface area (Å²) in [4.78, 5) is 1.25. The van der Waals surface area contributed by atoms with E-state index < -0.39 is 0 Å². The van der Waals surface area contributed by atoms with Crippen molar-refractivity contribution in [2.75, 3.05) is 7.11 Å². The van der Waals surface area contributed by atoms with Gasteiger partial charge in [-0.05, 0) is 39.7 Å². The van der Waals surface area contributed by atoms with Crippen LogP contribution in [0.1, 0.15) is 0 Å². The van der Waals surface area contributed by atoms with E-state index in [2.05, 4.69) is 33.4 Å². The molecule has 0 N–H and O–H groups in total. The molecule has 0 atom stereocenters. The zero-order valence-corrected chi connectivity index (χ0v) is 10.1. The molecule has 0 unspecified atom stereocenters. The van der Waals surface area contributed by atoms with Gasteiger partial charge in [0.2, 0.25) is 0 Å². The zero-order chi connectivity index (χ0) is 9.97. The average molecular weight is 269 g/mol. The molecule has 1 aromatic heterocycles. The Labute approximate surface area is 95.5 Å². The van der Waals surface area contributed by atoms with Gasteiger partial charge in [0, 0.05) is 14.7 Å². The van der Waals surface area contributed by atoms with Crippen molar-refractivity contribution in [2.45, 2.75) is 0 Å². The smallest absolute Gasteiger partial charge is 0.119 e. The second-order valence-electron chi connectivity index (χ2n) is 2.86. The van der Waals surface area contributed by atoms with E-state index in [0.29, 0.717) is 0 Å². The number of rotatable bonds is 2. The predicted molar refractivity (Wildman–Crippen MR) is 64.0 cm³/mol. The summed E-state index contributed by atoms with van der Waals surface area (Å²) in [7, 11) is 1.68. The van der Waals surface area contributed by atoms with Crippen LogP contribution in [0.5, 0.6) is 5.75 Å². The van der Waals surface area contributed by atoms with Crippen LogP contribution in [0.2, 0.25) is 0 Å². The average Bonchev–Trinajstić information content (AvgIpc) is 2.65. The minimum Gasteiger partial charge on any atom is -0.497 e. The van der Waals surface area contributed by atoms with E-state index in [4.69, 9.17) is 4.74 Å². The fourth-order valence-electron chi connectivity index (χ4n) is 1.24. The van der Waals surface area contributed by atoms with E-state index in [1.165, 1.54) is 10.4 Å². The Balaban J connectivity index is 2.41. The first-order valence-electron chi connectivity index (χ1n) is 4.18. The highest BCUT2D eigenvalue weighted by Gasteiger charge is 2.01. The van der Waals surface area contributed by atoms with Crippen molar-refractivity contribution in [1.29, 1.82) is 0 Å². The molecule has 1 aromatic carbocycles. The highest BCUT2D eigenvalue weighted by molar-refractivity contribution is 9.10. The monoisotopic (exact) mass is 268 g/mol. The molecule has 0 aliphatic carbocycles. The SMILES string of the molecule is COc1cccc(-c2cc(Br)cs2)c1. The highest BCUT2D eigenvalue weighted by atomic mass is 79.9. The van der Waals surface area contributed by atoms with Gasteiger partial charge in [0.15, 0.2) is 0 Å². The predicted octanol–water partition coefficient (Wildman–Crippen LogP) is 4.19. The number of hydrogen-bond acceptors (Lipinski definition) is 2. The topological polar surface area (TPSA) is 9.23 Å². The molecular weight excluding hydrogens is 260 g/mol. The third-order valence-electron chi connectivity index (χ3n) is 1.92. The van der Waals surface area contributed by atoms with Crippen LogP contribution in [-0.2, 0) is 0 Å². The number of ether oxygens (including phenoxy) is 1. The largest absolute Gasteiger partial charge is 0.497 e. The molecule has 2 aromatic rings. The normalized spacial score (nSPS) is 10.1. The van der Waals surface area contributed by atoms with Crippen LogP contribution in [0.3, 0.4) is 0 Å². The summed E-state index contributed by atoms with van der Waals surface area (Å²) in [5.74, 6) is 0.895. The lowest BCUT2D eigenvalue weighted by Gasteiger charge is -2.01. The number of methoxy groups -OCH3 is 1. The van der Waals surface area contributed by atoms with Gasteiger partial charge in [-0.15, -0.1) is 11.3 Å². The molecule has 3 heteroatoms. The molecule has 0 spiro atoms. The second-order valence-corrected chi connectivity index (χ2v) is 4.69. The number of thiophene rings is 1. The molecular formula is C11H9BrOS. The van der Waals surface area contributed by atoms with Gasteiger partial charge >= 0.3 is 0 Å². The van der Waals surface area contributed by atoms with E-state index in [1.807, 2.05) is 18.2 Å². The molecule has 2 rings (SSSR count). The van der Waals surface area contributed by atoms with E-state index in [1.54, 1.807) is 18.4 Å². The van der Waals surface area contributed by atoms with Crippen molar-refractivity contribution in [1.82, 2.24) is 0 Å². The van der Waals surface area contributed by atoms with Crippen LogP contribution < -0.4 is 4.74 Å². The van der Waals surface area contributed by atoms with Crippen molar-refractivity contribution >= 4 is 27.3 Å². The number of halogens is 1. The zero-order valence-electron chi connectivity index (χ0n) is 7.66. The Hall–Kier alpha value is -0.800. The van der Waals surface area contributed by atoms with Gasteiger partial charge in [0.1, 0.15) is 5.75 Å². The number of benzene rings is 1. The summed E-state index contributed by atoms with van der Waals surface area (Å²) in [5, 5.41) is 2.08. The van der Waals surface area contributed by atoms with E-state index >= 15 is 0 Å². The third-order valence-corrected chi connectivity index (χ3v) is 3.66. The van der Waals surface area contributed by atoms with Crippen molar-refractivity contribution in [3.05, 3.63) is 40.2 Å². The fraction of sp³-hybridized carbons (Fsp3) is 0.0909. The molecule has 0 aliphatic heterocycles. The van der Waals surface area contributed by atoms with Gasteiger partial charge in [0.05, 0.1) is 7.11 Å². The van der Waals surface area contributed by atoms with Crippen LogP contribution >= 0.6 is 27.3 Å². The first kappa shape index (κ1) is 9.74. The van der Waals surface area contributed by atoms with Crippen molar-refractivity contribution in [2.24, 2.45) is 0 Å². The molecule has 0 fully saturated rings. The first-order valence-corrected chi connectivity index (χ1v) is 5.85. The Bertz CT molecular complexity index is 436. The summed E-state index contributed by atoms with van der Waals surface area (Å²) in [6.07, 6.45) is 0. The van der Waals surface area contributed by atoms with Gasteiger partial charge in [-0.3, -0.25) is 0 Å². The van der Waals surface area contributed by atoms with Crippen LogP contribution in [0.15, 0.2) is 40.2 Å². The molecule has 0 saturated carbocycles. The molecule has 0 bridgehead atoms. The Morgan fingerprint density at radius 2 is 2.14 bits per heavy atom. The van der Waals surface area contributed by atoms with Gasteiger partial charge in [0.25, 0.3) is 0 Å². The maximum absolute atomic E-state index is 5.18. The third kappa shape index (κ3) is 1.99. The first-order chi connectivity index (χ1) is 6.79. The van der Waals surface area contributed by atoms with Crippen LogP contribution in [0, 0.1) is 0 Å². The van der Waals surface area contributed by atoms with Crippen LogP contribution in [0.4, 0.5) is 0 Å². The van der Waals surface area contributed by atoms with E-state index in [0.717, 1.165) is 10.2 Å². The Morgan fingerprint density at radius 3 is 2.79 bits per heavy atom. The van der Waals surface area contributed by atoms with Gasteiger partial charge in [-0.1, -0.05) is 12.1 Å². The number of hydrogen-bond donors (Lipinski definition) is 0. The Kier molecular flexibility index (Phi) is 2.89. The molecule has 0 amide bonds. The molecule has 72 valence electrons. The second kappa shape index (κ2) is 4.15. The van der Waals surface area contributed by atoms with Crippen LogP contribution in [0.25, 0.3) is 10.4 Å². The standard InChI is InChI=1S/C11H9BrOS/c1-13-10-4-2-3-8(5-10)11-6-9(12)7-14-11/h2-7H,1H3. The quantitative estimate of drug-likeness (QED) is 0.794. The molecule has 14 heavy (non-hydrogen) atoms. The summed E-state index contributed by atoms with van der Waals surface area (Å²) in [5.41, 5.74) is 1.19. The minimum atomic E-state index is 0.895. The summed E-state index contributed by atoms with van der Waals surface area (Å²) < 4.78 is 6.30.